The zero-order chi connectivity index (χ0) is 20.7. The van der Waals surface area contributed by atoms with Crippen molar-refractivity contribution in [2.45, 2.75) is 20.0 Å². The molecule has 2 rings (SSSR count). The van der Waals surface area contributed by atoms with Gasteiger partial charge in [0.25, 0.3) is 11.8 Å². The minimum Gasteiger partial charge on any atom is -0.496 e. The highest BCUT2D eigenvalue weighted by Gasteiger charge is 2.14. The largest absolute Gasteiger partial charge is 0.496 e. The molecule has 0 bridgehead atoms. The first-order chi connectivity index (χ1) is 13.3. The van der Waals surface area contributed by atoms with E-state index in [4.69, 9.17) is 21.7 Å². The number of hydrogen-bond acceptors (Lipinski definition) is 5. The van der Waals surface area contributed by atoms with E-state index in [1.165, 1.54) is 7.11 Å². The maximum Gasteiger partial charge on any atom is 0.273 e. The van der Waals surface area contributed by atoms with E-state index in [9.17, 15) is 9.59 Å². The van der Waals surface area contributed by atoms with E-state index >= 15 is 0 Å². The van der Waals surface area contributed by atoms with Crippen molar-refractivity contribution in [1.82, 2.24) is 16.2 Å². The third-order valence-electron chi connectivity index (χ3n) is 3.42. The number of halogens is 1. The van der Waals surface area contributed by atoms with E-state index in [1.807, 2.05) is 13.8 Å². The molecule has 7 nitrogen and oxygen atoms in total. The quantitative estimate of drug-likeness (QED) is 0.464. The summed E-state index contributed by atoms with van der Waals surface area (Å²) < 4.78 is 11.4. The molecule has 0 unspecified atom stereocenters. The Labute approximate surface area is 176 Å². The van der Waals surface area contributed by atoms with Crippen LogP contribution in [0.5, 0.6) is 11.5 Å². The van der Waals surface area contributed by atoms with E-state index in [1.54, 1.807) is 42.5 Å². The van der Waals surface area contributed by atoms with Gasteiger partial charge in [-0.05, 0) is 72.3 Å². The van der Waals surface area contributed by atoms with Gasteiger partial charge in [0.2, 0.25) is 0 Å². The third-order valence-corrected chi connectivity index (χ3v) is 4.25. The monoisotopic (exact) mass is 465 g/mol. The maximum atomic E-state index is 12.3. The number of carbonyl (C=O) groups excluding carboxylic acids is 2. The van der Waals surface area contributed by atoms with E-state index in [-0.39, 0.29) is 11.2 Å². The summed E-state index contributed by atoms with van der Waals surface area (Å²) in [5, 5.41) is 2.44. The summed E-state index contributed by atoms with van der Waals surface area (Å²) >= 11 is 8.43. The molecule has 2 aromatic carbocycles. The minimum absolute atomic E-state index is 0.0135. The average Bonchev–Trinajstić information content (AvgIpc) is 2.67. The van der Waals surface area contributed by atoms with Gasteiger partial charge in [0.15, 0.2) is 5.11 Å². The molecular weight excluding hydrogens is 446 g/mol. The van der Waals surface area contributed by atoms with Gasteiger partial charge in [-0.25, -0.2) is 0 Å². The Morgan fingerprint density at radius 1 is 1.04 bits per heavy atom. The van der Waals surface area contributed by atoms with Crippen molar-refractivity contribution in [1.29, 1.82) is 0 Å². The molecule has 0 aliphatic carbocycles. The van der Waals surface area contributed by atoms with Gasteiger partial charge >= 0.3 is 0 Å². The van der Waals surface area contributed by atoms with Crippen LogP contribution in [0, 0.1) is 0 Å². The summed E-state index contributed by atoms with van der Waals surface area (Å²) in [6.07, 6.45) is 0.0135. The Bertz CT molecular complexity index is 889. The van der Waals surface area contributed by atoms with Crippen LogP contribution in [0.15, 0.2) is 46.9 Å². The lowest BCUT2D eigenvalue weighted by Gasteiger charge is -2.14. The van der Waals surface area contributed by atoms with Crippen molar-refractivity contribution in [3.63, 3.8) is 0 Å². The van der Waals surface area contributed by atoms with Gasteiger partial charge in [0.05, 0.1) is 23.2 Å². The molecule has 0 fully saturated rings. The lowest BCUT2D eigenvalue weighted by atomic mass is 10.2. The zero-order valence-electron chi connectivity index (χ0n) is 15.5. The molecule has 0 saturated carbocycles. The fourth-order valence-corrected chi connectivity index (χ4v) is 2.83. The van der Waals surface area contributed by atoms with Crippen LogP contribution in [0.25, 0.3) is 0 Å². The van der Waals surface area contributed by atoms with Gasteiger partial charge in [-0.3, -0.25) is 25.8 Å². The summed E-state index contributed by atoms with van der Waals surface area (Å²) in [6, 6.07) is 11.7. The minimum atomic E-state index is -0.452. The van der Waals surface area contributed by atoms with Crippen molar-refractivity contribution in [2.75, 3.05) is 7.11 Å². The third kappa shape index (κ3) is 5.93. The molecule has 2 aromatic rings. The topological polar surface area (TPSA) is 88.7 Å². The normalized spacial score (nSPS) is 10.2. The molecule has 148 valence electrons. The summed E-state index contributed by atoms with van der Waals surface area (Å²) in [5.74, 6) is 0.175. The Kier molecular flexibility index (Phi) is 7.77. The molecule has 0 heterocycles. The second kappa shape index (κ2) is 10.0. The van der Waals surface area contributed by atoms with E-state index in [0.29, 0.717) is 27.1 Å². The zero-order valence-corrected chi connectivity index (χ0v) is 17.9. The first-order valence-corrected chi connectivity index (χ1v) is 9.52. The number of hydrogen-bond donors (Lipinski definition) is 3. The summed E-state index contributed by atoms with van der Waals surface area (Å²) in [4.78, 5) is 24.5. The Balaban J connectivity index is 1.93. The number of nitrogens with one attached hydrogen (secondary N) is 3. The van der Waals surface area contributed by atoms with E-state index in [0.717, 1.165) is 0 Å². The fourth-order valence-electron chi connectivity index (χ4n) is 2.21. The number of thiocarbonyl (C=S) groups is 1. The summed E-state index contributed by atoms with van der Waals surface area (Å²) in [5.41, 5.74) is 5.62. The Morgan fingerprint density at radius 3 is 2.39 bits per heavy atom. The highest BCUT2D eigenvalue weighted by atomic mass is 79.9. The lowest BCUT2D eigenvalue weighted by Crippen LogP contribution is -2.48. The standard InChI is InChI=1S/C19H20BrN3O4S/c1-11(2)27-16-9-8-12(10-14(16)20)17(24)21-19(28)23-22-18(25)13-6-4-5-7-15(13)26-3/h4-11H,1-3H3,(H,22,25)(H2,21,23,24,28). The molecule has 0 atom stereocenters. The van der Waals surface area contributed by atoms with Crippen molar-refractivity contribution in [3.05, 3.63) is 58.1 Å². The second-order valence-electron chi connectivity index (χ2n) is 5.87. The van der Waals surface area contributed by atoms with Gasteiger partial charge in [-0.1, -0.05) is 12.1 Å². The highest BCUT2D eigenvalue weighted by molar-refractivity contribution is 9.10. The number of carbonyl (C=O) groups is 2. The van der Waals surface area contributed by atoms with Gasteiger partial charge < -0.3 is 9.47 Å². The Hall–Kier alpha value is -2.65. The predicted molar refractivity (Wildman–Crippen MR) is 114 cm³/mol. The van der Waals surface area contributed by atoms with Crippen molar-refractivity contribution < 1.29 is 19.1 Å². The first-order valence-electron chi connectivity index (χ1n) is 8.32. The van der Waals surface area contributed by atoms with Crippen molar-refractivity contribution >= 4 is 45.1 Å². The molecule has 0 aliphatic heterocycles. The summed E-state index contributed by atoms with van der Waals surface area (Å²) in [7, 11) is 1.47. The number of hydrazine groups is 1. The van der Waals surface area contributed by atoms with Crippen LogP contribution in [0.4, 0.5) is 0 Å². The first kappa shape index (κ1) is 21.6. The van der Waals surface area contributed by atoms with Crippen molar-refractivity contribution in [3.8, 4) is 11.5 Å². The number of para-hydroxylation sites is 1. The van der Waals surface area contributed by atoms with Crippen LogP contribution in [0.2, 0.25) is 0 Å². The van der Waals surface area contributed by atoms with Crippen LogP contribution in [-0.2, 0) is 0 Å². The van der Waals surface area contributed by atoms with Crippen LogP contribution in [0.3, 0.4) is 0 Å². The number of methoxy groups -OCH3 is 1. The van der Waals surface area contributed by atoms with Crippen LogP contribution >= 0.6 is 28.1 Å². The number of rotatable bonds is 5. The van der Waals surface area contributed by atoms with E-state index < -0.39 is 11.8 Å². The molecule has 9 heteroatoms. The van der Waals surface area contributed by atoms with Crippen LogP contribution in [-0.4, -0.2) is 30.1 Å². The smallest absolute Gasteiger partial charge is 0.273 e. The van der Waals surface area contributed by atoms with Gasteiger partial charge in [-0.2, -0.15) is 0 Å². The Morgan fingerprint density at radius 2 is 1.75 bits per heavy atom. The molecule has 3 N–H and O–H groups in total. The molecule has 28 heavy (non-hydrogen) atoms. The molecule has 0 spiro atoms. The predicted octanol–water partition coefficient (Wildman–Crippen LogP) is 3.19. The average molecular weight is 466 g/mol. The van der Waals surface area contributed by atoms with Crippen LogP contribution < -0.4 is 25.6 Å². The molecule has 0 aliphatic rings. The summed E-state index contributed by atoms with van der Waals surface area (Å²) in [6.45, 7) is 3.83. The maximum absolute atomic E-state index is 12.3. The molecule has 2 amide bonds. The van der Waals surface area contributed by atoms with Gasteiger partial charge in [-0.15, -0.1) is 0 Å². The fraction of sp³-hybridized carbons (Fsp3) is 0.211. The molecule has 0 saturated heterocycles. The number of benzene rings is 2. The van der Waals surface area contributed by atoms with Crippen LogP contribution in [0.1, 0.15) is 34.6 Å². The highest BCUT2D eigenvalue weighted by Crippen LogP contribution is 2.26. The molecular formula is C19H20BrN3O4S. The molecule has 0 radical (unpaired) electrons. The van der Waals surface area contributed by atoms with Crippen molar-refractivity contribution in [2.24, 2.45) is 0 Å². The second-order valence-corrected chi connectivity index (χ2v) is 7.14. The van der Waals surface area contributed by atoms with E-state index in [2.05, 4.69) is 32.1 Å². The molecule has 0 aromatic heterocycles. The SMILES string of the molecule is COc1ccccc1C(=O)NNC(=S)NC(=O)c1ccc(OC(C)C)c(Br)c1. The van der Waals surface area contributed by atoms with Gasteiger partial charge in [0, 0.05) is 5.56 Å². The number of ether oxygens (including phenoxy) is 2. The number of amides is 2. The lowest BCUT2D eigenvalue weighted by molar-refractivity contribution is 0.0932. The van der Waals surface area contributed by atoms with Gasteiger partial charge in [0.1, 0.15) is 11.5 Å².